The Bertz CT molecular complexity index is 910. The first-order valence-corrected chi connectivity index (χ1v) is 9.68. The van der Waals surface area contributed by atoms with E-state index in [0.717, 1.165) is 29.7 Å². The second-order valence-electron chi connectivity index (χ2n) is 7.90. The van der Waals surface area contributed by atoms with Crippen LogP contribution in [0.15, 0.2) is 30.6 Å². The van der Waals surface area contributed by atoms with Crippen molar-refractivity contribution in [3.05, 3.63) is 53.0 Å². The van der Waals surface area contributed by atoms with Gasteiger partial charge in [0.1, 0.15) is 11.7 Å². The van der Waals surface area contributed by atoms with Gasteiger partial charge in [0.05, 0.1) is 44.8 Å². The summed E-state index contributed by atoms with van der Waals surface area (Å²) in [7, 11) is 0. The summed E-state index contributed by atoms with van der Waals surface area (Å²) in [5.41, 5.74) is 3.53. The van der Waals surface area contributed by atoms with Crippen molar-refractivity contribution in [2.24, 2.45) is 0 Å². The minimum absolute atomic E-state index is 0.0271. The number of amides is 1. The molecule has 28 heavy (non-hydrogen) atoms. The molecular weight excluding hydrogens is 358 g/mol. The smallest absolute Gasteiger partial charge is 0.254 e. The summed E-state index contributed by atoms with van der Waals surface area (Å²) in [6, 6.07) is 5.85. The number of carbonyl (C=O) groups excluding carboxylic acids is 1. The molecule has 0 bridgehead atoms. The average Bonchev–Trinajstić information content (AvgIpc) is 3.13. The fourth-order valence-electron chi connectivity index (χ4n) is 4.25. The molecule has 2 aromatic rings. The van der Waals surface area contributed by atoms with Gasteiger partial charge in [-0.3, -0.25) is 9.78 Å². The van der Waals surface area contributed by atoms with E-state index in [1.807, 2.05) is 30.0 Å². The van der Waals surface area contributed by atoms with E-state index >= 15 is 0 Å². The first kappa shape index (κ1) is 17.6. The van der Waals surface area contributed by atoms with E-state index < -0.39 is 0 Å². The second kappa shape index (κ2) is 6.83. The van der Waals surface area contributed by atoms with Crippen molar-refractivity contribution in [1.29, 1.82) is 0 Å². The van der Waals surface area contributed by atoms with Crippen molar-refractivity contribution >= 4 is 5.91 Å². The highest BCUT2D eigenvalue weighted by Gasteiger charge is 2.50. The molecule has 1 aromatic heterocycles. The van der Waals surface area contributed by atoms with Gasteiger partial charge < -0.3 is 19.1 Å². The van der Waals surface area contributed by atoms with Gasteiger partial charge in [-0.2, -0.15) is 0 Å². The number of aryl methyl sites for hydroxylation is 1. The number of carbonyl (C=O) groups is 1. The van der Waals surface area contributed by atoms with Crippen LogP contribution in [0.3, 0.4) is 0 Å². The van der Waals surface area contributed by atoms with Crippen LogP contribution in [0, 0.1) is 6.92 Å². The van der Waals surface area contributed by atoms with E-state index in [0.29, 0.717) is 38.8 Å². The minimum Gasteiger partial charge on any atom is -0.473 e. The minimum atomic E-state index is -0.310. The Morgan fingerprint density at radius 2 is 2.11 bits per heavy atom. The summed E-state index contributed by atoms with van der Waals surface area (Å²) < 4.78 is 17.5. The van der Waals surface area contributed by atoms with E-state index in [-0.39, 0.29) is 17.6 Å². The second-order valence-corrected chi connectivity index (χ2v) is 7.90. The summed E-state index contributed by atoms with van der Waals surface area (Å²) >= 11 is 0. The van der Waals surface area contributed by atoms with Crippen molar-refractivity contribution < 1.29 is 19.0 Å². The highest BCUT2D eigenvalue weighted by Crippen LogP contribution is 2.36. The first-order chi connectivity index (χ1) is 13.6. The molecule has 1 unspecified atom stereocenters. The highest BCUT2D eigenvalue weighted by molar-refractivity contribution is 5.95. The van der Waals surface area contributed by atoms with Gasteiger partial charge in [0, 0.05) is 24.6 Å². The van der Waals surface area contributed by atoms with Crippen molar-refractivity contribution in [2.75, 3.05) is 19.7 Å². The summed E-state index contributed by atoms with van der Waals surface area (Å²) in [5.74, 6) is 0.603. The van der Waals surface area contributed by atoms with Gasteiger partial charge >= 0.3 is 0 Å². The van der Waals surface area contributed by atoms with Gasteiger partial charge in [-0.1, -0.05) is 6.07 Å². The molecular formula is C21H23N3O4. The van der Waals surface area contributed by atoms with E-state index in [2.05, 4.69) is 9.97 Å². The van der Waals surface area contributed by atoms with Crippen molar-refractivity contribution in [1.82, 2.24) is 14.9 Å². The number of fused-ring (bicyclic) bond motifs is 1. The molecule has 1 spiro atoms. The molecule has 1 amide bonds. The van der Waals surface area contributed by atoms with Crippen LogP contribution in [0.2, 0.25) is 0 Å². The maximum Gasteiger partial charge on any atom is 0.254 e. The topological polar surface area (TPSA) is 73.8 Å². The van der Waals surface area contributed by atoms with Gasteiger partial charge in [0.25, 0.3) is 5.91 Å². The zero-order chi connectivity index (χ0) is 19.1. The fourth-order valence-corrected chi connectivity index (χ4v) is 4.25. The Labute approximate surface area is 163 Å². The molecule has 1 atom stereocenters. The first-order valence-electron chi connectivity index (χ1n) is 9.68. The van der Waals surface area contributed by atoms with Crippen LogP contribution in [0.4, 0.5) is 0 Å². The van der Waals surface area contributed by atoms with Crippen LogP contribution >= 0.6 is 0 Å². The van der Waals surface area contributed by atoms with Gasteiger partial charge in [0.2, 0.25) is 5.88 Å². The molecule has 146 valence electrons. The van der Waals surface area contributed by atoms with Crippen LogP contribution in [0.5, 0.6) is 5.88 Å². The van der Waals surface area contributed by atoms with Crippen LogP contribution in [0.25, 0.3) is 0 Å². The van der Waals surface area contributed by atoms with Crippen molar-refractivity contribution in [3.8, 4) is 5.88 Å². The predicted octanol–water partition coefficient (Wildman–Crippen LogP) is 2.27. The Morgan fingerprint density at radius 1 is 1.25 bits per heavy atom. The third-order valence-electron chi connectivity index (χ3n) is 5.68. The number of hydrogen-bond donors (Lipinski definition) is 0. The Morgan fingerprint density at radius 3 is 2.96 bits per heavy atom. The number of nitrogens with zero attached hydrogens (tertiary/aromatic N) is 3. The third kappa shape index (κ3) is 3.25. The number of benzene rings is 1. The molecule has 2 saturated heterocycles. The van der Waals surface area contributed by atoms with E-state index in [9.17, 15) is 4.79 Å². The number of aromatic nitrogens is 2. The Kier molecular flexibility index (Phi) is 4.29. The van der Waals surface area contributed by atoms with Crippen LogP contribution in [0.1, 0.15) is 40.0 Å². The van der Waals surface area contributed by atoms with Gasteiger partial charge in [-0.05, 0) is 30.2 Å². The maximum atomic E-state index is 12.8. The highest BCUT2D eigenvalue weighted by atomic mass is 16.5. The van der Waals surface area contributed by atoms with Crippen molar-refractivity contribution in [2.45, 2.75) is 44.7 Å². The number of hydrogen-bond acceptors (Lipinski definition) is 6. The van der Waals surface area contributed by atoms with Gasteiger partial charge in [-0.25, -0.2) is 4.98 Å². The molecule has 0 saturated carbocycles. The van der Waals surface area contributed by atoms with Gasteiger partial charge in [0.15, 0.2) is 0 Å². The molecule has 5 rings (SSSR count). The van der Waals surface area contributed by atoms with E-state index in [1.165, 1.54) is 5.56 Å². The quantitative estimate of drug-likeness (QED) is 0.812. The monoisotopic (exact) mass is 381 g/mol. The van der Waals surface area contributed by atoms with Gasteiger partial charge in [-0.15, -0.1) is 0 Å². The molecule has 1 aromatic carbocycles. The predicted molar refractivity (Wildman–Crippen MR) is 99.9 cm³/mol. The fraction of sp³-hybridized carbons (Fsp3) is 0.476. The molecule has 0 N–H and O–H groups in total. The summed E-state index contributed by atoms with van der Waals surface area (Å²) in [4.78, 5) is 23.2. The largest absolute Gasteiger partial charge is 0.473 e. The standard InChI is InChI=1S/C21H23N3O4/c1-14-8-22-9-19(23-14)28-18-4-5-27-21(7-18)12-24(13-21)20(25)15-2-3-16-10-26-11-17(16)6-15/h2-3,6,8-9,18H,4-5,7,10-13H2,1H3. The Balaban J connectivity index is 1.22. The van der Waals surface area contributed by atoms with E-state index in [1.54, 1.807) is 12.4 Å². The Hall–Kier alpha value is -2.51. The maximum absolute atomic E-state index is 12.8. The molecule has 7 nitrogen and oxygen atoms in total. The molecule has 3 aliphatic rings. The number of likely N-dealkylation sites (tertiary alicyclic amines) is 1. The summed E-state index contributed by atoms with van der Waals surface area (Å²) in [6.45, 7) is 4.94. The number of ether oxygens (including phenoxy) is 3. The molecule has 7 heteroatoms. The summed E-state index contributed by atoms with van der Waals surface area (Å²) in [5, 5.41) is 0. The average molecular weight is 381 g/mol. The molecule has 4 heterocycles. The van der Waals surface area contributed by atoms with Crippen LogP contribution in [-0.2, 0) is 22.7 Å². The number of rotatable bonds is 3. The van der Waals surface area contributed by atoms with E-state index in [4.69, 9.17) is 14.2 Å². The normalized spacial score (nSPS) is 22.6. The zero-order valence-electron chi connectivity index (χ0n) is 15.9. The summed E-state index contributed by atoms with van der Waals surface area (Å²) in [6.07, 6.45) is 4.95. The lowest BCUT2D eigenvalue weighted by Gasteiger charge is -2.52. The SMILES string of the molecule is Cc1cncc(OC2CCOC3(C2)CN(C(=O)c2ccc4c(c2)COC4)C3)n1. The van der Waals surface area contributed by atoms with Crippen molar-refractivity contribution in [3.63, 3.8) is 0 Å². The lowest BCUT2D eigenvalue weighted by atomic mass is 9.84. The molecule has 3 aliphatic heterocycles. The molecule has 0 aliphatic carbocycles. The van der Waals surface area contributed by atoms with Crippen LogP contribution in [-0.4, -0.2) is 52.2 Å². The third-order valence-corrected chi connectivity index (χ3v) is 5.68. The molecule has 0 radical (unpaired) electrons. The molecule has 2 fully saturated rings. The zero-order valence-corrected chi connectivity index (χ0v) is 15.9. The van der Waals surface area contributed by atoms with Crippen LogP contribution < -0.4 is 4.74 Å². The lowest BCUT2D eigenvalue weighted by molar-refractivity contribution is -0.174. The lowest BCUT2D eigenvalue weighted by Crippen LogP contribution is -2.67.